The van der Waals surface area contributed by atoms with E-state index >= 15 is 0 Å². The number of amides is 1. The molecule has 1 rings (SSSR count). The second kappa shape index (κ2) is 9.56. The average molecular weight is 348 g/mol. The summed E-state index contributed by atoms with van der Waals surface area (Å²) >= 11 is 0. The lowest BCUT2D eigenvalue weighted by molar-refractivity contribution is -0.125. The zero-order valence-electron chi connectivity index (χ0n) is 16.3. The quantitative estimate of drug-likeness (QED) is 0.779. The third-order valence-corrected chi connectivity index (χ3v) is 3.92. The van der Waals surface area contributed by atoms with Gasteiger partial charge in [0.15, 0.2) is 5.78 Å². The molecule has 1 aromatic carbocycles. The third kappa shape index (κ3) is 8.16. The molecule has 0 bridgehead atoms. The molecule has 2 atom stereocenters. The molecule has 0 aromatic heterocycles. The minimum absolute atomic E-state index is 0.0354. The van der Waals surface area contributed by atoms with Crippen LogP contribution in [0.4, 0.5) is 4.79 Å². The zero-order valence-corrected chi connectivity index (χ0v) is 16.3. The number of carbonyl (C=O) groups excluding carboxylic acids is 2. The Morgan fingerprint density at radius 3 is 2.32 bits per heavy atom. The van der Waals surface area contributed by atoms with Crippen molar-refractivity contribution in [3.05, 3.63) is 35.9 Å². The summed E-state index contributed by atoms with van der Waals surface area (Å²) in [6.07, 6.45) is 0.190. The van der Waals surface area contributed by atoms with Gasteiger partial charge in [-0.3, -0.25) is 9.69 Å². The van der Waals surface area contributed by atoms with Crippen LogP contribution in [0.25, 0.3) is 0 Å². The molecular formula is C20H32N2O3. The van der Waals surface area contributed by atoms with E-state index in [0.717, 1.165) is 12.0 Å². The summed E-state index contributed by atoms with van der Waals surface area (Å²) in [5.41, 5.74) is 0.571. The highest BCUT2D eigenvalue weighted by Gasteiger charge is 2.28. The first-order chi connectivity index (χ1) is 11.6. The second-order valence-corrected chi connectivity index (χ2v) is 7.59. The molecule has 0 fully saturated rings. The first-order valence-corrected chi connectivity index (χ1v) is 8.88. The molecule has 1 N–H and O–H groups in total. The van der Waals surface area contributed by atoms with Gasteiger partial charge in [0.25, 0.3) is 0 Å². The van der Waals surface area contributed by atoms with Gasteiger partial charge in [-0.2, -0.15) is 0 Å². The highest BCUT2D eigenvalue weighted by Crippen LogP contribution is 2.11. The van der Waals surface area contributed by atoms with Crippen LogP contribution in [-0.4, -0.2) is 42.0 Å². The Balaban J connectivity index is 2.76. The normalized spacial score (nSPS) is 14.0. The lowest BCUT2D eigenvalue weighted by Crippen LogP contribution is -2.50. The fourth-order valence-electron chi connectivity index (χ4n) is 2.47. The van der Waals surface area contributed by atoms with Crippen LogP contribution >= 0.6 is 0 Å². The Labute approximate surface area is 151 Å². The van der Waals surface area contributed by atoms with Crippen molar-refractivity contribution < 1.29 is 14.3 Å². The number of hydrogen-bond acceptors (Lipinski definition) is 4. The summed E-state index contributed by atoms with van der Waals surface area (Å²) in [4.78, 5) is 26.8. The van der Waals surface area contributed by atoms with Gasteiger partial charge in [0.05, 0.1) is 0 Å². The first-order valence-electron chi connectivity index (χ1n) is 8.88. The minimum atomic E-state index is -0.593. The zero-order chi connectivity index (χ0) is 19.0. The van der Waals surface area contributed by atoms with Crippen molar-refractivity contribution in [3.63, 3.8) is 0 Å². The number of benzene rings is 1. The van der Waals surface area contributed by atoms with Crippen LogP contribution in [0.1, 0.15) is 46.6 Å². The highest BCUT2D eigenvalue weighted by atomic mass is 16.6. The van der Waals surface area contributed by atoms with Crippen LogP contribution in [0.15, 0.2) is 30.3 Å². The molecule has 0 saturated carbocycles. The van der Waals surface area contributed by atoms with Gasteiger partial charge in [0, 0.05) is 19.0 Å². The van der Waals surface area contributed by atoms with Crippen molar-refractivity contribution in [2.75, 3.05) is 13.6 Å². The van der Waals surface area contributed by atoms with E-state index in [1.165, 1.54) is 0 Å². The van der Waals surface area contributed by atoms with E-state index in [1.54, 1.807) is 20.8 Å². The van der Waals surface area contributed by atoms with Crippen LogP contribution < -0.4 is 5.32 Å². The number of nitrogens with one attached hydrogen (secondary N) is 1. The summed E-state index contributed by atoms with van der Waals surface area (Å²) in [5.74, 6) is -0.0710. The van der Waals surface area contributed by atoms with Gasteiger partial charge in [-0.25, -0.2) is 4.79 Å². The van der Waals surface area contributed by atoms with Gasteiger partial charge in [-0.1, -0.05) is 44.2 Å². The third-order valence-electron chi connectivity index (χ3n) is 3.92. The lowest BCUT2D eigenvalue weighted by atomic mass is 9.97. The van der Waals surface area contributed by atoms with Gasteiger partial charge in [0.2, 0.25) is 0 Å². The maximum Gasteiger partial charge on any atom is 0.408 e. The number of ether oxygens (including phenoxy) is 1. The van der Waals surface area contributed by atoms with Gasteiger partial charge >= 0.3 is 6.09 Å². The van der Waals surface area contributed by atoms with E-state index in [1.807, 2.05) is 56.1 Å². The lowest BCUT2D eigenvalue weighted by Gasteiger charge is -2.27. The van der Waals surface area contributed by atoms with E-state index in [4.69, 9.17) is 4.74 Å². The van der Waals surface area contributed by atoms with E-state index in [-0.39, 0.29) is 11.7 Å². The predicted molar refractivity (Wildman–Crippen MR) is 100 cm³/mol. The van der Waals surface area contributed by atoms with Gasteiger partial charge in [-0.05, 0) is 39.8 Å². The Kier molecular flexibility index (Phi) is 8.10. The molecule has 1 amide bonds. The van der Waals surface area contributed by atoms with Crippen molar-refractivity contribution in [3.8, 4) is 0 Å². The molecule has 0 heterocycles. The van der Waals surface area contributed by atoms with Crippen LogP contribution in [0.5, 0.6) is 0 Å². The number of likely N-dealkylation sites (N-methyl/N-ethyl adjacent to an activating group) is 1. The van der Waals surface area contributed by atoms with Crippen molar-refractivity contribution in [1.82, 2.24) is 10.2 Å². The molecule has 2 unspecified atom stereocenters. The minimum Gasteiger partial charge on any atom is -0.444 e. The molecule has 0 aliphatic heterocycles. The summed E-state index contributed by atoms with van der Waals surface area (Å²) in [6.45, 7) is 10.4. The molecule has 0 radical (unpaired) electrons. The number of nitrogens with zero attached hydrogens (tertiary/aromatic N) is 1. The van der Waals surface area contributed by atoms with Crippen molar-refractivity contribution >= 4 is 11.9 Å². The molecular weight excluding hydrogens is 316 g/mol. The molecule has 0 saturated heterocycles. The second-order valence-electron chi connectivity index (χ2n) is 7.59. The van der Waals surface area contributed by atoms with E-state index in [0.29, 0.717) is 13.1 Å². The summed E-state index contributed by atoms with van der Waals surface area (Å²) < 4.78 is 5.31. The number of alkyl carbamates (subject to hydrolysis) is 1. The number of carbonyl (C=O) groups is 2. The van der Waals surface area contributed by atoms with Crippen molar-refractivity contribution in [2.24, 2.45) is 5.92 Å². The van der Waals surface area contributed by atoms with Crippen LogP contribution in [0.3, 0.4) is 0 Å². The monoisotopic (exact) mass is 348 g/mol. The summed E-state index contributed by atoms with van der Waals surface area (Å²) in [6, 6.07) is 9.46. The topological polar surface area (TPSA) is 58.6 Å². The summed E-state index contributed by atoms with van der Waals surface area (Å²) in [7, 11) is 1.95. The fraction of sp³-hybridized carbons (Fsp3) is 0.600. The molecule has 0 aliphatic rings. The molecule has 5 nitrogen and oxygen atoms in total. The Hall–Kier alpha value is -1.88. The molecule has 0 aliphatic carbocycles. The van der Waals surface area contributed by atoms with Gasteiger partial charge in [0.1, 0.15) is 11.6 Å². The largest absolute Gasteiger partial charge is 0.444 e. The number of rotatable bonds is 8. The van der Waals surface area contributed by atoms with Crippen LogP contribution in [0.2, 0.25) is 0 Å². The van der Waals surface area contributed by atoms with Gasteiger partial charge < -0.3 is 10.1 Å². The fourth-order valence-corrected chi connectivity index (χ4v) is 2.47. The van der Waals surface area contributed by atoms with E-state index < -0.39 is 17.7 Å². The van der Waals surface area contributed by atoms with E-state index in [9.17, 15) is 9.59 Å². The van der Waals surface area contributed by atoms with Crippen molar-refractivity contribution in [2.45, 2.75) is 59.2 Å². The molecule has 140 valence electrons. The standard InChI is InChI=1S/C20H32N2O3/c1-7-15(2)18(23)17(21-19(24)25-20(3,4)5)14-22(6)13-16-11-9-8-10-12-16/h8-12,15,17H,7,13-14H2,1-6H3,(H,21,24). The number of ketones is 1. The van der Waals surface area contributed by atoms with Crippen LogP contribution in [0, 0.1) is 5.92 Å². The predicted octanol–water partition coefficient (Wildman–Crippen LogP) is 3.63. The number of hydrogen-bond donors (Lipinski definition) is 1. The Bertz CT molecular complexity index is 552. The Morgan fingerprint density at radius 2 is 1.80 bits per heavy atom. The number of Topliss-reactive ketones (excluding diaryl/α,β-unsaturated/α-hetero) is 1. The van der Waals surface area contributed by atoms with Gasteiger partial charge in [-0.15, -0.1) is 0 Å². The molecule has 1 aromatic rings. The van der Waals surface area contributed by atoms with E-state index in [2.05, 4.69) is 5.32 Å². The Morgan fingerprint density at radius 1 is 1.20 bits per heavy atom. The van der Waals surface area contributed by atoms with Crippen LogP contribution in [-0.2, 0) is 16.1 Å². The first kappa shape index (κ1) is 21.2. The highest BCUT2D eigenvalue weighted by molar-refractivity contribution is 5.89. The smallest absolute Gasteiger partial charge is 0.408 e. The molecule has 5 heteroatoms. The summed E-state index contributed by atoms with van der Waals surface area (Å²) in [5, 5.41) is 2.75. The molecule has 0 spiro atoms. The molecule has 25 heavy (non-hydrogen) atoms. The van der Waals surface area contributed by atoms with Crippen molar-refractivity contribution in [1.29, 1.82) is 0 Å². The maximum absolute atomic E-state index is 12.7. The maximum atomic E-state index is 12.7. The average Bonchev–Trinajstić information content (AvgIpc) is 2.51. The SMILES string of the molecule is CCC(C)C(=O)C(CN(C)Cc1ccccc1)NC(=O)OC(C)(C)C.